The van der Waals surface area contributed by atoms with Gasteiger partial charge in [0.05, 0.1) is 19.2 Å². The number of hydrogen-bond acceptors (Lipinski definition) is 4. The number of carbonyl (C=O) groups is 2. The van der Waals surface area contributed by atoms with Crippen molar-refractivity contribution >= 4 is 28.3 Å². The first kappa shape index (κ1) is 16.7. The number of hydrogen-bond donors (Lipinski definition) is 3. The van der Waals surface area contributed by atoms with Gasteiger partial charge in [0.15, 0.2) is 0 Å². The van der Waals surface area contributed by atoms with Gasteiger partial charge in [0, 0.05) is 11.1 Å². The fourth-order valence-electron chi connectivity index (χ4n) is 2.60. The van der Waals surface area contributed by atoms with Crippen LogP contribution in [0, 0.1) is 0 Å². The number of nitrogens with one attached hydrogen (secondary N) is 2. The van der Waals surface area contributed by atoms with E-state index in [0.717, 1.165) is 10.8 Å². The van der Waals surface area contributed by atoms with Crippen LogP contribution in [0.4, 0.5) is 5.69 Å². The highest BCUT2D eigenvalue weighted by Gasteiger charge is 2.21. The topological polar surface area (TPSA) is 91.6 Å². The van der Waals surface area contributed by atoms with Crippen molar-refractivity contribution in [3.05, 3.63) is 66.6 Å². The maximum Gasteiger partial charge on any atom is 0.321 e. The Hall–Kier alpha value is -3.12. The van der Waals surface area contributed by atoms with E-state index in [1.807, 2.05) is 36.4 Å². The molecule has 128 valence electrons. The van der Waals surface area contributed by atoms with Crippen molar-refractivity contribution in [3.63, 3.8) is 0 Å². The van der Waals surface area contributed by atoms with Crippen LogP contribution in [0.1, 0.15) is 12.2 Å². The third-order valence-electron chi connectivity index (χ3n) is 3.85. The van der Waals surface area contributed by atoms with Gasteiger partial charge in [-0.3, -0.25) is 14.9 Å². The molecule has 0 fully saturated rings. The van der Waals surface area contributed by atoms with E-state index in [1.54, 1.807) is 18.2 Å². The molecule has 3 N–H and O–H groups in total. The number of aliphatic carboxylic acids is 1. The van der Waals surface area contributed by atoms with E-state index in [4.69, 9.17) is 4.42 Å². The van der Waals surface area contributed by atoms with Crippen LogP contribution in [0.15, 0.2) is 65.3 Å². The second kappa shape index (κ2) is 7.63. The molecule has 0 unspecified atom stereocenters. The zero-order valence-electron chi connectivity index (χ0n) is 13.4. The number of benzene rings is 2. The summed E-state index contributed by atoms with van der Waals surface area (Å²) in [4.78, 5) is 23.7. The zero-order chi connectivity index (χ0) is 17.6. The lowest BCUT2D eigenvalue weighted by molar-refractivity contribution is -0.141. The quantitative estimate of drug-likeness (QED) is 0.616. The highest BCUT2D eigenvalue weighted by molar-refractivity contribution is 6.03. The molecule has 3 aromatic rings. The molecule has 0 saturated carbocycles. The minimum absolute atomic E-state index is 0.181. The van der Waals surface area contributed by atoms with E-state index in [2.05, 4.69) is 10.6 Å². The third-order valence-corrected chi connectivity index (χ3v) is 3.85. The minimum Gasteiger partial charge on any atom is -0.480 e. The number of carboxylic acid groups (broad SMARTS) is 1. The summed E-state index contributed by atoms with van der Waals surface area (Å²) in [5.74, 6) is -0.837. The summed E-state index contributed by atoms with van der Waals surface area (Å²) in [6.45, 7) is 0.242. The average molecular weight is 338 g/mol. The fraction of sp³-hybridized carbons (Fsp3) is 0.158. The van der Waals surface area contributed by atoms with E-state index < -0.39 is 12.0 Å². The molecule has 1 aromatic heterocycles. The van der Waals surface area contributed by atoms with Gasteiger partial charge in [0.1, 0.15) is 11.8 Å². The molecular formula is C19H18N2O4. The van der Waals surface area contributed by atoms with E-state index in [0.29, 0.717) is 11.4 Å². The highest BCUT2D eigenvalue weighted by Crippen LogP contribution is 2.23. The highest BCUT2D eigenvalue weighted by atomic mass is 16.4. The van der Waals surface area contributed by atoms with Crippen LogP contribution in [0.2, 0.25) is 0 Å². The van der Waals surface area contributed by atoms with Crippen LogP contribution < -0.4 is 10.6 Å². The number of fused-ring (bicyclic) bond motifs is 1. The summed E-state index contributed by atoms with van der Waals surface area (Å²) < 4.78 is 5.16. The Morgan fingerprint density at radius 3 is 2.60 bits per heavy atom. The second-order valence-electron chi connectivity index (χ2n) is 5.63. The molecule has 1 atom stereocenters. The molecular weight excluding hydrogens is 320 g/mol. The molecule has 0 bridgehead atoms. The van der Waals surface area contributed by atoms with Crippen molar-refractivity contribution in [1.82, 2.24) is 5.32 Å². The average Bonchev–Trinajstić information content (AvgIpc) is 3.12. The van der Waals surface area contributed by atoms with Gasteiger partial charge in [0.25, 0.3) is 0 Å². The molecule has 0 spiro atoms. The summed E-state index contributed by atoms with van der Waals surface area (Å²) in [6.07, 6.45) is 1.33. The fourth-order valence-corrected chi connectivity index (χ4v) is 2.60. The maximum atomic E-state index is 12.3. The molecule has 0 radical (unpaired) electrons. The summed E-state index contributed by atoms with van der Waals surface area (Å²) in [7, 11) is 0. The first-order chi connectivity index (χ1) is 12.1. The van der Waals surface area contributed by atoms with Crippen LogP contribution in [0.25, 0.3) is 10.8 Å². The van der Waals surface area contributed by atoms with Gasteiger partial charge in [-0.25, -0.2) is 0 Å². The SMILES string of the molecule is O=C(C[C@H](NCc1ccco1)C(=O)O)Nc1cccc2ccccc12. The van der Waals surface area contributed by atoms with Gasteiger partial charge in [-0.1, -0.05) is 36.4 Å². The van der Waals surface area contributed by atoms with Gasteiger partial charge in [0.2, 0.25) is 5.91 Å². The Bertz CT molecular complexity index is 869. The first-order valence-electron chi connectivity index (χ1n) is 7.89. The lowest BCUT2D eigenvalue weighted by Gasteiger charge is -2.14. The van der Waals surface area contributed by atoms with Crippen LogP contribution >= 0.6 is 0 Å². The van der Waals surface area contributed by atoms with Gasteiger partial charge >= 0.3 is 5.97 Å². The number of carbonyl (C=O) groups excluding carboxylic acids is 1. The van der Waals surface area contributed by atoms with Crippen molar-refractivity contribution in [2.24, 2.45) is 0 Å². The summed E-state index contributed by atoms with van der Waals surface area (Å²) in [5, 5.41) is 16.9. The molecule has 2 aromatic carbocycles. The Balaban J connectivity index is 1.65. The van der Waals surface area contributed by atoms with Gasteiger partial charge in [-0.05, 0) is 23.6 Å². The molecule has 0 aliphatic heterocycles. The van der Waals surface area contributed by atoms with Crippen molar-refractivity contribution in [2.45, 2.75) is 19.0 Å². The Morgan fingerprint density at radius 2 is 1.84 bits per heavy atom. The molecule has 3 rings (SSSR count). The van der Waals surface area contributed by atoms with E-state index in [-0.39, 0.29) is 18.9 Å². The zero-order valence-corrected chi connectivity index (χ0v) is 13.4. The predicted molar refractivity (Wildman–Crippen MR) is 94.2 cm³/mol. The molecule has 6 nitrogen and oxygen atoms in total. The van der Waals surface area contributed by atoms with E-state index >= 15 is 0 Å². The molecule has 0 aliphatic carbocycles. The normalized spacial score (nSPS) is 12.0. The molecule has 1 heterocycles. The Morgan fingerprint density at radius 1 is 1.04 bits per heavy atom. The molecule has 6 heteroatoms. The van der Waals surface area contributed by atoms with Crippen molar-refractivity contribution in [1.29, 1.82) is 0 Å². The van der Waals surface area contributed by atoms with Crippen LogP contribution in [0.5, 0.6) is 0 Å². The summed E-state index contributed by atoms with van der Waals surface area (Å²) in [6, 6.07) is 15.7. The predicted octanol–water partition coefficient (Wildman–Crippen LogP) is 3.00. The minimum atomic E-state index is -1.08. The van der Waals surface area contributed by atoms with Crippen LogP contribution in [-0.2, 0) is 16.1 Å². The van der Waals surface area contributed by atoms with Crippen molar-refractivity contribution in [2.75, 3.05) is 5.32 Å². The number of rotatable bonds is 7. The van der Waals surface area contributed by atoms with Crippen LogP contribution in [-0.4, -0.2) is 23.0 Å². The summed E-state index contributed by atoms with van der Waals surface area (Å²) >= 11 is 0. The maximum absolute atomic E-state index is 12.3. The second-order valence-corrected chi connectivity index (χ2v) is 5.63. The van der Waals surface area contributed by atoms with Gasteiger partial charge in [-0.2, -0.15) is 0 Å². The standard InChI is InChI=1S/C19H18N2O4/c22-18(11-17(19(23)24)20-12-14-7-4-10-25-14)21-16-9-3-6-13-5-1-2-8-15(13)16/h1-10,17,20H,11-12H2,(H,21,22)(H,23,24)/t17-/m0/s1. The van der Waals surface area contributed by atoms with Gasteiger partial charge in [-0.15, -0.1) is 0 Å². The largest absolute Gasteiger partial charge is 0.480 e. The number of furan rings is 1. The third kappa shape index (κ3) is 4.24. The molecule has 0 saturated heterocycles. The number of carboxylic acids is 1. The van der Waals surface area contributed by atoms with Gasteiger partial charge < -0.3 is 14.8 Å². The first-order valence-corrected chi connectivity index (χ1v) is 7.89. The number of anilines is 1. The lowest BCUT2D eigenvalue weighted by atomic mass is 10.1. The summed E-state index contributed by atoms with van der Waals surface area (Å²) in [5.41, 5.74) is 0.665. The monoisotopic (exact) mass is 338 g/mol. The van der Waals surface area contributed by atoms with E-state index in [1.165, 1.54) is 6.26 Å². The Kier molecular flexibility index (Phi) is 5.11. The molecule has 1 amide bonds. The lowest BCUT2D eigenvalue weighted by Crippen LogP contribution is -2.39. The molecule has 0 aliphatic rings. The van der Waals surface area contributed by atoms with E-state index in [9.17, 15) is 14.7 Å². The smallest absolute Gasteiger partial charge is 0.321 e. The Labute approximate surface area is 144 Å². The number of amides is 1. The van der Waals surface area contributed by atoms with Crippen molar-refractivity contribution in [3.8, 4) is 0 Å². The molecule has 25 heavy (non-hydrogen) atoms. The van der Waals surface area contributed by atoms with Crippen LogP contribution in [0.3, 0.4) is 0 Å². The van der Waals surface area contributed by atoms with Crippen molar-refractivity contribution < 1.29 is 19.1 Å².